The molecule has 3 nitrogen and oxygen atoms in total. The molecule has 0 aromatic carbocycles. The van der Waals surface area contributed by atoms with Crippen LogP contribution >= 0.6 is 0 Å². The van der Waals surface area contributed by atoms with Gasteiger partial charge in [-0.15, -0.1) is 6.58 Å². The molecule has 0 radical (unpaired) electrons. The van der Waals surface area contributed by atoms with Crippen LogP contribution in [0.15, 0.2) is 12.7 Å². The molecular weight excluding hydrogens is 166 g/mol. The average Bonchev–Trinajstić information content (AvgIpc) is 2.05. The second-order valence-electron chi connectivity index (χ2n) is 3.17. The van der Waals surface area contributed by atoms with Crippen LogP contribution in [0.3, 0.4) is 0 Å². The Morgan fingerprint density at radius 1 is 1.62 bits per heavy atom. The fourth-order valence-corrected chi connectivity index (χ4v) is 1.03. The summed E-state index contributed by atoms with van der Waals surface area (Å²) in [5.41, 5.74) is 0. The van der Waals surface area contributed by atoms with Gasteiger partial charge in [-0.05, 0) is 12.8 Å². The maximum Gasteiger partial charge on any atom is 0.323 e. The molecule has 0 saturated carbocycles. The Hall–Kier alpha value is -0.830. The zero-order chi connectivity index (χ0) is 10.3. The van der Waals surface area contributed by atoms with Crippen LogP contribution < -0.4 is 5.32 Å². The van der Waals surface area contributed by atoms with Gasteiger partial charge in [0.25, 0.3) is 0 Å². The predicted molar refractivity (Wildman–Crippen MR) is 53.5 cm³/mol. The first kappa shape index (κ1) is 12.2. The molecule has 0 aromatic rings. The molecule has 0 bridgehead atoms. The van der Waals surface area contributed by atoms with Crippen LogP contribution in [0.5, 0.6) is 0 Å². The van der Waals surface area contributed by atoms with Gasteiger partial charge < -0.3 is 10.1 Å². The van der Waals surface area contributed by atoms with Crippen molar-refractivity contribution in [3.63, 3.8) is 0 Å². The van der Waals surface area contributed by atoms with Gasteiger partial charge in [-0.3, -0.25) is 4.79 Å². The zero-order valence-corrected chi connectivity index (χ0v) is 8.67. The standard InChI is InChI=1S/C10H19NO2/c1-5-7-11-9(8(3)4)10(12)13-6-2/h5,8-9,11H,1,6-7H2,2-4H3. The van der Waals surface area contributed by atoms with E-state index in [1.165, 1.54) is 0 Å². The Morgan fingerprint density at radius 3 is 2.62 bits per heavy atom. The Labute approximate surface area is 80.2 Å². The highest BCUT2D eigenvalue weighted by Gasteiger charge is 2.21. The molecule has 0 aliphatic heterocycles. The van der Waals surface area contributed by atoms with Crippen molar-refractivity contribution in [1.82, 2.24) is 5.32 Å². The van der Waals surface area contributed by atoms with E-state index in [1.807, 2.05) is 20.8 Å². The summed E-state index contributed by atoms with van der Waals surface area (Å²) in [6, 6.07) is -0.224. The van der Waals surface area contributed by atoms with Crippen LogP contribution in [0.2, 0.25) is 0 Å². The molecule has 1 atom stereocenters. The van der Waals surface area contributed by atoms with Crippen LogP contribution in [0.25, 0.3) is 0 Å². The van der Waals surface area contributed by atoms with Crippen LogP contribution in [-0.2, 0) is 9.53 Å². The van der Waals surface area contributed by atoms with E-state index in [4.69, 9.17) is 4.74 Å². The van der Waals surface area contributed by atoms with Crippen molar-refractivity contribution in [2.45, 2.75) is 26.8 Å². The van der Waals surface area contributed by atoms with E-state index in [1.54, 1.807) is 6.08 Å². The molecule has 0 fully saturated rings. The third-order valence-electron chi connectivity index (χ3n) is 1.69. The molecule has 1 N–H and O–H groups in total. The summed E-state index contributed by atoms with van der Waals surface area (Å²) in [7, 11) is 0. The maximum absolute atomic E-state index is 11.4. The minimum atomic E-state index is -0.224. The van der Waals surface area contributed by atoms with Gasteiger partial charge in [-0.1, -0.05) is 19.9 Å². The molecule has 0 aliphatic carbocycles. The van der Waals surface area contributed by atoms with Crippen molar-refractivity contribution in [1.29, 1.82) is 0 Å². The first-order valence-electron chi connectivity index (χ1n) is 4.64. The molecule has 0 saturated heterocycles. The van der Waals surface area contributed by atoms with Crippen molar-refractivity contribution >= 4 is 5.97 Å². The second kappa shape index (κ2) is 6.66. The Kier molecular flexibility index (Phi) is 6.24. The quantitative estimate of drug-likeness (QED) is 0.501. The minimum Gasteiger partial charge on any atom is -0.465 e. The number of carbonyl (C=O) groups is 1. The molecule has 0 aliphatic rings. The molecule has 76 valence electrons. The van der Waals surface area contributed by atoms with Gasteiger partial charge in [-0.2, -0.15) is 0 Å². The lowest BCUT2D eigenvalue weighted by Gasteiger charge is -2.19. The summed E-state index contributed by atoms with van der Waals surface area (Å²) < 4.78 is 4.93. The van der Waals surface area contributed by atoms with Crippen LogP contribution in [-0.4, -0.2) is 25.2 Å². The van der Waals surface area contributed by atoms with E-state index >= 15 is 0 Å². The van der Waals surface area contributed by atoms with E-state index in [9.17, 15) is 4.79 Å². The van der Waals surface area contributed by atoms with E-state index in [0.717, 1.165) is 0 Å². The molecule has 1 unspecified atom stereocenters. The number of rotatable bonds is 6. The molecule has 0 spiro atoms. The molecule has 0 rings (SSSR count). The molecule has 13 heavy (non-hydrogen) atoms. The van der Waals surface area contributed by atoms with Gasteiger partial charge in [0.05, 0.1) is 6.61 Å². The lowest BCUT2D eigenvalue weighted by atomic mass is 10.0. The first-order chi connectivity index (χ1) is 6.13. The highest BCUT2D eigenvalue weighted by Crippen LogP contribution is 2.03. The Morgan fingerprint density at radius 2 is 2.23 bits per heavy atom. The highest BCUT2D eigenvalue weighted by molar-refractivity contribution is 5.76. The maximum atomic E-state index is 11.4. The zero-order valence-electron chi connectivity index (χ0n) is 8.67. The van der Waals surface area contributed by atoms with E-state index < -0.39 is 0 Å². The smallest absolute Gasteiger partial charge is 0.323 e. The van der Waals surface area contributed by atoms with Crippen LogP contribution in [0, 0.1) is 5.92 Å². The predicted octanol–water partition coefficient (Wildman–Crippen LogP) is 1.35. The fraction of sp³-hybridized carbons (Fsp3) is 0.700. The molecule has 0 amide bonds. The number of hydrogen-bond acceptors (Lipinski definition) is 3. The van der Waals surface area contributed by atoms with Crippen LogP contribution in [0.4, 0.5) is 0 Å². The number of nitrogens with one attached hydrogen (secondary N) is 1. The number of hydrogen-bond donors (Lipinski definition) is 1. The summed E-state index contributed by atoms with van der Waals surface area (Å²) in [6.07, 6.45) is 1.73. The Bertz CT molecular complexity index is 166. The number of esters is 1. The summed E-state index contributed by atoms with van der Waals surface area (Å²) in [5, 5.41) is 3.06. The van der Waals surface area contributed by atoms with Gasteiger partial charge in [0.1, 0.15) is 6.04 Å². The normalized spacial score (nSPS) is 12.6. The number of ether oxygens (including phenoxy) is 1. The lowest BCUT2D eigenvalue weighted by molar-refractivity contribution is -0.146. The average molecular weight is 185 g/mol. The monoisotopic (exact) mass is 185 g/mol. The topological polar surface area (TPSA) is 38.3 Å². The first-order valence-corrected chi connectivity index (χ1v) is 4.64. The van der Waals surface area contributed by atoms with E-state index in [2.05, 4.69) is 11.9 Å². The summed E-state index contributed by atoms with van der Waals surface area (Å²) in [5.74, 6) is 0.0540. The lowest BCUT2D eigenvalue weighted by Crippen LogP contribution is -2.42. The van der Waals surface area contributed by atoms with Gasteiger partial charge in [-0.25, -0.2) is 0 Å². The third kappa shape index (κ3) is 4.68. The van der Waals surface area contributed by atoms with Gasteiger partial charge in [0, 0.05) is 6.54 Å². The van der Waals surface area contributed by atoms with Crippen molar-refractivity contribution in [3.8, 4) is 0 Å². The summed E-state index contributed by atoms with van der Waals surface area (Å²) in [6.45, 7) is 10.4. The highest BCUT2D eigenvalue weighted by atomic mass is 16.5. The van der Waals surface area contributed by atoms with Gasteiger partial charge >= 0.3 is 5.97 Å². The molecule has 0 heterocycles. The fourth-order valence-electron chi connectivity index (χ4n) is 1.03. The molecule has 3 heteroatoms. The van der Waals surface area contributed by atoms with Crippen molar-refractivity contribution in [3.05, 3.63) is 12.7 Å². The van der Waals surface area contributed by atoms with Gasteiger partial charge in [0.2, 0.25) is 0 Å². The Balaban J connectivity index is 4.06. The van der Waals surface area contributed by atoms with E-state index in [0.29, 0.717) is 13.2 Å². The largest absolute Gasteiger partial charge is 0.465 e. The van der Waals surface area contributed by atoms with Crippen molar-refractivity contribution < 1.29 is 9.53 Å². The SMILES string of the molecule is C=CCNC(C(=O)OCC)C(C)C. The van der Waals surface area contributed by atoms with Gasteiger partial charge in [0.15, 0.2) is 0 Å². The van der Waals surface area contributed by atoms with E-state index in [-0.39, 0.29) is 17.9 Å². The van der Waals surface area contributed by atoms with Crippen molar-refractivity contribution in [2.24, 2.45) is 5.92 Å². The summed E-state index contributed by atoms with van der Waals surface area (Å²) in [4.78, 5) is 11.4. The second-order valence-corrected chi connectivity index (χ2v) is 3.17. The number of carbonyl (C=O) groups excluding carboxylic acids is 1. The summed E-state index contributed by atoms with van der Waals surface area (Å²) >= 11 is 0. The molecule has 0 aromatic heterocycles. The van der Waals surface area contributed by atoms with Crippen molar-refractivity contribution in [2.75, 3.05) is 13.2 Å². The molecular formula is C10H19NO2. The third-order valence-corrected chi connectivity index (χ3v) is 1.69. The minimum absolute atomic E-state index is 0.181. The van der Waals surface area contributed by atoms with Crippen LogP contribution in [0.1, 0.15) is 20.8 Å².